The summed E-state index contributed by atoms with van der Waals surface area (Å²) in [6, 6.07) is 7.78. The molecule has 23 heavy (non-hydrogen) atoms. The molecule has 2 aliphatic heterocycles. The maximum atomic E-state index is 12.1. The fourth-order valence-corrected chi connectivity index (χ4v) is 2.99. The fourth-order valence-electron chi connectivity index (χ4n) is 2.99. The van der Waals surface area contributed by atoms with Crippen LogP contribution in [-0.2, 0) is 25.6 Å². The molecule has 0 aromatic heterocycles. The van der Waals surface area contributed by atoms with Crippen molar-refractivity contribution in [2.45, 2.75) is 50.9 Å². The van der Waals surface area contributed by atoms with Crippen molar-refractivity contribution in [3.8, 4) is 0 Å². The van der Waals surface area contributed by atoms with Crippen molar-refractivity contribution in [2.75, 3.05) is 25.1 Å². The quantitative estimate of drug-likeness (QED) is 0.876. The van der Waals surface area contributed by atoms with Gasteiger partial charge in [0, 0.05) is 18.9 Å². The molecular formula is C18H25NO4. The number of carbonyl (C=O) groups is 1. The van der Waals surface area contributed by atoms with Gasteiger partial charge in [-0.1, -0.05) is 12.1 Å². The second kappa shape index (κ2) is 8.43. The lowest BCUT2D eigenvalue weighted by Gasteiger charge is -2.22. The topological polar surface area (TPSA) is 56.8 Å². The number of nitrogens with one attached hydrogen (secondary N) is 1. The summed E-state index contributed by atoms with van der Waals surface area (Å²) in [6.45, 7) is 2.68. The smallest absolute Gasteiger partial charge is 0.253 e. The lowest BCUT2D eigenvalue weighted by atomic mass is 10.1. The van der Waals surface area contributed by atoms with Crippen LogP contribution in [0.2, 0.25) is 0 Å². The predicted octanol–water partition coefficient (Wildman–Crippen LogP) is 2.89. The number of rotatable bonds is 6. The van der Waals surface area contributed by atoms with E-state index in [9.17, 15) is 4.79 Å². The molecule has 2 fully saturated rings. The summed E-state index contributed by atoms with van der Waals surface area (Å²) in [6.07, 6.45) is 5.13. The maximum absolute atomic E-state index is 12.1. The van der Waals surface area contributed by atoms with Crippen molar-refractivity contribution in [3.05, 3.63) is 29.8 Å². The molecule has 1 aromatic carbocycles. The Bertz CT molecular complexity index is 507. The van der Waals surface area contributed by atoms with Gasteiger partial charge in [0.25, 0.3) is 5.91 Å². The lowest BCUT2D eigenvalue weighted by molar-refractivity contribution is -0.124. The Morgan fingerprint density at radius 1 is 1.17 bits per heavy atom. The third kappa shape index (κ3) is 5.03. The zero-order valence-corrected chi connectivity index (χ0v) is 13.5. The molecule has 2 atom stereocenters. The summed E-state index contributed by atoms with van der Waals surface area (Å²) < 4.78 is 16.8. The molecular weight excluding hydrogens is 294 g/mol. The van der Waals surface area contributed by atoms with Crippen molar-refractivity contribution in [1.29, 1.82) is 0 Å². The van der Waals surface area contributed by atoms with Crippen molar-refractivity contribution < 1.29 is 19.0 Å². The molecule has 1 N–H and O–H groups in total. The number of hydrogen-bond acceptors (Lipinski definition) is 4. The Labute approximate surface area is 137 Å². The van der Waals surface area contributed by atoms with Crippen LogP contribution in [0.4, 0.5) is 5.69 Å². The van der Waals surface area contributed by atoms with Gasteiger partial charge >= 0.3 is 0 Å². The van der Waals surface area contributed by atoms with Gasteiger partial charge in [-0.3, -0.25) is 4.79 Å². The van der Waals surface area contributed by atoms with Crippen LogP contribution < -0.4 is 5.32 Å². The number of hydrogen-bond donors (Lipinski definition) is 1. The second-order valence-electron chi connectivity index (χ2n) is 6.19. The van der Waals surface area contributed by atoms with E-state index in [0.717, 1.165) is 43.5 Å². The molecule has 0 aliphatic carbocycles. The van der Waals surface area contributed by atoms with Gasteiger partial charge in [-0.2, -0.15) is 0 Å². The molecule has 0 spiro atoms. The lowest BCUT2D eigenvalue weighted by Crippen LogP contribution is -2.26. The van der Waals surface area contributed by atoms with E-state index in [0.29, 0.717) is 19.8 Å². The minimum Gasteiger partial charge on any atom is -0.376 e. The standard InChI is InChI=1S/C18H25NO4/c20-18(17-8-4-10-23-17)19-15-6-3-5-14(11-15)12-21-13-16-7-1-2-9-22-16/h3,5-6,11,16-17H,1-2,4,7-10,12-13H2,(H,19,20)/t16-,17+/m0/s1. The Hall–Kier alpha value is -1.43. The highest BCUT2D eigenvalue weighted by Gasteiger charge is 2.23. The number of benzene rings is 1. The monoisotopic (exact) mass is 319 g/mol. The van der Waals surface area contributed by atoms with E-state index in [-0.39, 0.29) is 18.1 Å². The summed E-state index contributed by atoms with van der Waals surface area (Å²) in [7, 11) is 0. The highest BCUT2D eigenvalue weighted by Crippen LogP contribution is 2.17. The van der Waals surface area contributed by atoms with Crippen molar-refractivity contribution in [1.82, 2.24) is 0 Å². The molecule has 2 saturated heterocycles. The van der Waals surface area contributed by atoms with Gasteiger partial charge in [0.2, 0.25) is 0 Å². The first-order chi connectivity index (χ1) is 11.3. The molecule has 0 bridgehead atoms. The molecule has 126 valence electrons. The average molecular weight is 319 g/mol. The number of carbonyl (C=O) groups excluding carboxylic acids is 1. The molecule has 0 saturated carbocycles. The van der Waals surface area contributed by atoms with Crippen LogP contribution >= 0.6 is 0 Å². The Morgan fingerprint density at radius 2 is 2.09 bits per heavy atom. The third-order valence-electron chi connectivity index (χ3n) is 4.26. The zero-order valence-electron chi connectivity index (χ0n) is 13.5. The van der Waals surface area contributed by atoms with Crippen LogP contribution in [0.25, 0.3) is 0 Å². The molecule has 2 aliphatic rings. The largest absolute Gasteiger partial charge is 0.376 e. The molecule has 0 unspecified atom stereocenters. The van der Waals surface area contributed by atoms with Gasteiger partial charge in [-0.25, -0.2) is 0 Å². The molecule has 5 heteroatoms. The fraction of sp³-hybridized carbons (Fsp3) is 0.611. The van der Waals surface area contributed by atoms with Gasteiger partial charge in [0.05, 0.1) is 19.3 Å². The molecule has 1 amide bonds. The van der Waals surface area contributed by atoms with E-state index >= 15 is 0 Å². The second-order valence-corrected chi connectivity index (χ2v) is 6.19. The van der Waals surface area contributed by atoms with E-state index in [4.69, 9.17) is 14.2 Å². The van der Waals surface area contributed by atoms with E-state index in [2.05, 4.69) is 5.32 Å². The first-order valence-electron chi connectivity index (χ1n) is 8.52. The summed E-state index contributed by atoms with van der Waals surface area (Å²) in [5.41, 5.74) is 1.84. The summed E-state index contributed by atoms with van der Waals surface area (Å²) in [4.78, 5) is 12.1. The van der Waals surface area contributed by atoms with Crippen LogP contribution in [0.1, 0.15) is 37.7 Å². The third-order valence-corrected chi connectivity index (χ3v) is 4.26. The molecule has 2 heterocycles. The van der Waals surface area contributed by atoms with Crippen LogP contribution in [0, 0.1) is 0 Å². The summed E-state index contributed by atoms with van der Waals surface area (Å²) >= 11 is 0. The van der Waals surface area contributed by atoms with Gasteiger partial charge in [-0.15, -0.1) is 0 Å². The van der Waals surface area contributed by atoms with Crippen molar-refractivity contribution >= 4 is 11.6 Å². The summed E-state index contributed by atoms with van der Waals surface area (Å²) in [5.74, 6) is -0.0591. The van der Waals surface area contributed by atoms with Gasteiger partial charge < -0.3 is 19.5 Å². The Morgan fingerprint density at radius 3 is 2.87 bits per heavy atom. The minimum atomic E-state index is -0.307. The van der Waals surface area contributed by atoms with E-state index in [1.807, 2.05) is 24.3 Å². The average Bonchev–Trinajstić information content (AvgIpc) is 3.11. The normalized spacial score (nSPS) is 24.5. The van der Waals surface area contributed by atoms with Crippen LogP contribution in [0.5, 0.6) is 0 Å². The summed E-state index contributed by atoms with van der Waals surface area (Å²) in [5, 5.41) is 2.92. The van der Waals surface area contributed by atoms with Gasteiger partial charge in [0.1, 0.15) is 6.10 Å². The highest BCUT2D eigenvalue weighted by atomic mass is 16.5. The highest BCUT2D eigenvalue weighted by molar-refractivity contribution is 5.94. The number of ether oxygens (including phenoxy) is 3. The zero-order chi connectivity index (χ0) is 15.9. The molecule has 3 rings (SSSR count). The maximum Gasteiger partial charge on any atom is 0.253 e. The number of anilines is 1. The van der Waals surface area contributed by atoms with Crippen molar-refractivity contribution in [2.24, 2.45) is 0 Å². The van der Waals surface area contributed by atoms with E-state index in [1.54, 1.807) is 0 Å². The Kier molecular flexibility index (Phi) is 6.02. The van der Waals surface area contributed by atoms with Crippen LogP contribution in [0.3, 0.4) is 0 Å². The van der Waals surface area contributed by atoms with E-state index < -0.39 is 0 Å². The SMILES string of the molecule is O=C(Nc1cccc(COC[C@@H]2CCCCO2)c1)[C@H]1CCCO1. The van der Waals surface area contributed by atoms with Gasteiger partial charge in [0.15, 0.2) is 0 Å². The minimum absolute atomic E-state index is 0.0591. The van der Waals surface area contributed by atoms with Gasteiger partial charge in [-0.05, 0) is 49.8 Å². The van der Waals surface area contributed by atoms with Crippen LogP contribution in [-0.4, -0.2) is 37.9 Å². The predicted molar refractivity (Wildman–Crippen MR) is 87.3 cm³/mol. The first-order valence-corrected chi connectivity index (χ1v) is 8.52. The first kappa shape index (κ1) is 16.4. The Balaban J connectivity index is 1.45. The number of amides is 1. The van der Waals surface area contributed by atoms with E-state index in [1.165, 1.54) is 6.42 Å². The van der Waals surface area contributed by atoms with Crippen molar-refractivity contribution in [3.63, 3.8) is 0 Å². The van der Waals surface area contributed by atoms with Crippen LogP contribution in [0.15, 0.2) is 24.3 Å². The molecule has 5 nitrogen and oxygen atoms in total. The molecule has 0 radical (unpaired) electrons. The molecule has 1 aromatic rings.